The van der Waals surface area contributed by atoms with Crippen LogP contribution in [0.25, 0.3) is 0 Å². The molecule has 0 bridgehead atoms. The van der Waals surface area contributed by atoms with Gasteiger partial charge in [0.2, 0.25) is 0 Å². The molecule has 0 unspecified atom stereocenters. The quantitative estimate of drug-likeness (QED) is 0.838. The Labute approximate surface area is 121 Å². The minimum atomic E-state index is -0.0233. The first-order valence-corrected chi connectivity index (χ1v) is 7.61. The van der Waals surface area contributed by atoms with Crippen molar-refractivity contribution in [1.29, 1.82) is 0 Å². The van der Waals surface area contributed by atoms with E-state index in [1.54, 1.807) is 12.4 Å². The van der Waals surface area contributed by atoms with Gasteiger partial charge in [-0.2, -0.15) is 0 Å². The van der Waals surface area contributed by atoms with Gasteiger partial charge in [-0.05, 0) is 30.7 Å². The van der Waals surface area contributed by atoms with Crippen molar-refractivity contribution in [2.75, 3.05) is 18.4 Å². The summed E-state index contributed by atoms with van der Waals surface area (Å²) in [5.74, 6) is -0.0233. The number of hydrogen-bond donors (Lipinski definition) is 2. The van der Waals surface area contributed by atoms with Crippen molar-refractivity contribution in [3.8, 4) is 0 Å². The molecule has 2 N–H and O–H groups in total. The second-order valence-corrected chi connectivity index (χ2v) is 6.05. The van der Waals surface area contributed by atoms with E-state index in [0.29, 0.717) is 5.56 Å². The standard InChI is InChI=1S/C16H25N3O/c1-3-9-18-14-6-10-17-11-13(14)15(20)19-12-16(2)7-4-5-8-16/h6,10-11H,3-5,7-9,12H2,1-2H3,(H,17,18)(H,19,20). The van der Waals surface area contributed by atoms with Crippen molar-refractivity contribution in [3.63, 3.8) is 0 Å². The number of nitrogens with zero attached hydrogens (tertiary/aromatic N) is 1. The molecular formula is C16H25N3O. The summed E-state index contributed by atoms with van der Waals surface area (Å²) in [6.07, 6.45) is 9.37. The van der Waals surface area contributed by atoms with Gasteiger partial charge in [0.15, 0.2) is 0 Å². The zero-order valence-corrected chi connectivity index (χ0v) is 12.5. The van der Waals surface area contributed by atoms with Crippen LogP contribution in [0, 0.1) is 5.41 Å². The molecule has 2 rings (SSSR count). The molecule has 4 nitrogen and oxygen atoms in total. The van der Waals surface area contributed by atoms with Crippen molar-refractivity contribution in [3.05, 3.63) is 24.0 Å². The average molecular weight is 275 g/mol. The van der Waals surface area contributed by atoms with Crippen molar-refractivity contribution in [2.45, 2.75) is 46.0 Å². The lowest BCUT2D eigenvalue weighted by Crippen LogP contribution is -2.34. The number of carbonyl (C=O) groups is 1. The van der Waals surface area contributed by atoms with Crippen LogP contribution < -0.4 is 10.6 Å². The summed E-state index contributed by atoms with van der Waals surface area (Å²) in [6, 6.07) is 1.86. The number of rotatable bonds is 6. The SMILES string of the molecule is CCCNc1ccncc1C(=O)NCC1(C)CCCC1. The summed E-state index contributed by atoms with van der Waals surface area (Å²) in [6.45, 7) is 5.99. The molecule has 1 aliphatic rings. The Morgan fingerprint density at radius 1 is 1.40 bits per heavy atom. The van der Waals surface area contributed by atoms with Crippen molar-refractivity contribution in [1.82, 2.24) is 10.3 Å². The lowest BCUT2D eigenvalue weighted by Gasteiger charge is -2.24. The lowest BCUT2D eigenvalue weighted by molar-refractivity contribution is 0.0934. The highest BCUT2D eigenvalue weighted by atomic mass is 16.1. The molecule has 1 fully saturated rings. The van der Waals surface area contributed by atoms with E-state index in [0.717, 1.165) is 25.2 Å². The van der Waals surface area contributed by atoms with Gasteiger partial charge in [-0.3, -0.25) is 9.78 Å². The molecule has 1 amide bonds. The molecule has 1 aliphatic carbocycles. The maximum absolute atomic E-state index is 12.3. The summed E-state index contributed by atoms with van der Waals surface area (Å²) in [5.41, 5.74) is 1.79. The molecule has 20 heavy (non-hydrogen) atoms. The summed E-state index contributed by atoms with van der Waals surface area (Å²) >= 11 is 0. The smallest absolute Gasteiger partial charge is 0.254 e. The number of pyridine rings is 1. The number of anilines is 1. The van der Waals surface area contributed by atoms with Crippen LogP contribution in [0.1, 0.15) is 56.3 Å². The van der Waals surface area contributed by atoms with Crippen LogP contribution in [0.5, 0.6) is 0 Å². The van der Waals surface area contributed by atoms with E-state index in [1.807, 2.05) is 6.07 Å². The van der Waals surface area contributed by atoms with E-state index in [1.165, 1.54) is 25.7 Å². The van der Waals surface area contributed by atoms with Gasteiger partial charge < -0.3 is 10.6 Å². The first kappa shape index (κ1) is 14.8. The Morgan fingerprint density at radius 3 is 2.85 bits per heavy atom. The molecule has 0 saturated heterocycles. The van der Waals surface area contributed by atoms with Crippen LogP contribution in [-0.4, -0.2) is 24.0 Å². The zero-order valence-electron chi connectivity index (χ0n) is 12.5. The van der Waals surface area contributed by atoms with Crippen LogP contribution in [0.3, 0.4) is 0 Å². The Kier molecular flexibility index (Phi) is 4.99. The summed E-state index contributed by atoms with van der Waals surface area (Å²) in [5, 5.41) is 6.36. The zero-order chi connectivity index (χ0) is 14.4. The Morgan fingerprint density at radius 2 is 2.15 bits per heavy atom. The minimum Gasteiger partial charge on any atom is -0.384 e. The maximum Gasteiger partial charge on any atom is 0.254 e. The monoisotopic (exact) mass is 275 g/mol. The fraction of sp³-hybridized carbons (Fsp3) is 0.625. The molecule has 1 heterocycles. The topological polar surface area (TPSA) is 54.0 Å². The number of amides is 1. The Balaban J connectivity index is 1.98. The first-order valence-electron chi connectivity index (χ1n) is 7.61. The molecule has 0 aromatic carbocycles. The van der Waals surface area contributed by atoms with Crippen LogP contribution in [0.4, 0.5) is 5.69 Å². The molecule has 0 radical (unpaired) electrons. The number of aromatic nitrogens is 1. The third-order valence-corrected chi connectivity index (χ3v) is 4.12. The minimum absolute atomic E-state index is 0.0233. The average Bonchev–Trinajstić information content (AvgIpc) is 2.90. The fourth-order valence-electron chi connectivity index (χ4n) is 2.78. The fourth-order valence-corrected chi connectivity index (χ4v) is 2.78. The van der Waals surface area contributed by atoms with E-state index in [9.17, 15) is 4.79 Å². The summed E-state index contributed by atoms with van der Waals surface area (Å²) in [4.78, 5) is 16.4. The predicted octanol–water partition coefficient (Wildman–Crippen LogP) is 3.21. The van der Waals surface area contributed by atoms with Crippen molar-refractivity contribution in [2.24, 2.45) is 5.41 Å². The molecule has 0 aliphatic heterocycles. The van der Waals surface area contributed by atoms with E-state index < -0.39 is 0 Å². The molecule has 1 saturated carbocycles. The molecule has 0 atom stereocenters. The summed E-state index contributed by atoms with van der Waals surface area (Å²) in [7, 11) is 0. The molecule has 1 aromatic rings. The van der Waals surface area contributed by atoms with Gasteiger partial charge in [0, 0.05) is 25.5 Å². The second kappa shape index (κ2) is 6.73. The molecule has 1 aromatic heterocycles. The van der Waals surface area contributed by atoms with Crippen molar-refractivity contribution < 1.29 is 4.79 Å². The maximum atomic E-state index is 12.3. The Hall–Kier alpha value is -1.58. The van der Waals surface area contributed by atoms with E-state index in [2.05, 4.69) is 29.5 Å². The first-order chi connectivity index (χ1) is 9.64. The van der Waals surface area contributed by atoms with Gasteiger partial charge >= 0.3 is 0 Å². The normalized spacial score (nSPS) is 16.9. The number of hydrogen-bond acceptors (Lipinski definition) is 3. The number of carbonyl (C=O) groups excluding carboxylic acids is 1. The van der Waals surface area contributed by atoms with Gasteiger partial charge in [-0.1, -0.05) is 26.7 Å². The molecule has 4 heteroatoms. The van der Waals surface area contributed by atoms with Crippen LogP contribution in [0.15, 0.2) is 18.5 Å². The molecular weight excluding hydrogens is 250 g/mol. The van der Waals surface area contributed by atoms with Gasteiger partial charge in [0.1, 0.15) is 0 Å². The third kappa shape index (κ3) is 3.71. The highest BCUT2D eigenvalue weighted by Gasteiger charge is 2.29. The number of nitrogens with one attached hydrogen (secondary N) is 2. The molecule has 0 spiro atoms. The van der Waals surface area contributed by atoms with E-state index in [4.69, 9.17) is 0 Å². The van der Waals surface area contributed by atoms with E-state index >= 15 is 0 Å². The highest BCUT2D eigenvalue weighted by Crippen LogP contribution is 2.36. The molecule has 110 valence electrons. The van der Waals surface area contributed by atoms with Crippen LogP contribution in [-0.2, 0) is 0 Å². The largest absolute Gasteiger partial charge is 0.384 e. The highest BCUT2D eigenvalue weighted by molar-refractivity contribution is 5.99. The van der Waals surface area contributed by atoms with Gasteiger partial charge in [0.25, 0.3) is 5.91 Å². The van der Waals surface area contributed by atoms with Crippen LogP contribution >= 0.6 is 0 Å². The van der Waals surface area contributed by atoms with Crippen molar-refractivity contribution >= 4 is 11.6 Å². The predicted molar refractivity (Wildman–Crippen MR) is 81.9 cm³/mol. The Bertz CT molecular complexity index is 453. The van der Waals surface area contributed by atoms with E-state index in [-0.39, 0.29) is 11.3 Å². The van der Waals surface area contributed by atoms with Gasteiger partial charge in [-0.15, -0.1) is 0 Å². The lowest BCUT2D eigenvalue weighted by atomic mass is 9.89. The summed E-state index contributed by atoms with van der Waals surface area (Å²) < 4.78 is 0. The second-order valence-electron chi connectivity index (χ2n) is 6.05. The van der Waals surface area contributed by atoms with Gasteiger partial charge in [-0.25, -0.2) is 0 Å². The third-order valence-electron chi connectivity index (χ3n) is 4.12. The van der Waals surface area contributed by atoms with Gasteiger partial charge in [0.05, 0.1) is 11.3 Å². The van der Waals surface area contributed by atoms with Crippen LogP contribution in [0.2, 0.25) is 0 Å².